The van der Waals surface area contributed by atoms with E-state index in [0.29, 0.717) is 18.4 Å². The van der Waals surface area contributed by atoms with Crippen LogP contribution in [0.25, 0.3) is 5.82 Å². The van der Waals surface area contributed by atoms with E-state index in [1.165, 1.54) is 32.1 Å². The van der Waals surface area contributed by atoms with E-state index < -0.39 is 0 Å². The first-order valence-electron chi connectivity index (χ1n) is 8.88. The van der Waals surface area contributed by atoms with Gasteiger partial charge in [0.15, 0.2) is 5.82 Å². The molecule has 0 radical (unpaired) electrons. The van der Waals surface area contributed by atoms with E-state index in [1.54, 1.807) is 17.2 Å². The quantitative estimate of drug-likeness (QED) is 0.869. The van der Waals surface area contributed by atoms with Gasteiger partial charge in [0.25, 0.3) is 0 Å². The zero-order chi connectivity index (χ0) is 17.1. The van der Waals surface area contributed by atoms with Crippen LogP contribution in [0, 0.1) is 0 Å². The second-order valence-electron chi connectivity index (χ2n) is 6.65. The third-order valence-corrected chi connectivity index (χ3v) is 5.12. The molecule has 0 bridgehead atoms. The highest BCUT2D eigenvalue weighted by Gasteiger charge is 2.36. The standard InChI is InChI=1S/C17H23N7O/c25-17(22-14-6-9-23-8-2-1-5-15(14)23)20-10-13-4-3-7-19-16(13)24-12-18-11-21-24/h3-4,7,11-12,14-15H,1-2,5-6,8-10H2,(H2,20,22,25)/t14-,15-/m0/s1. The van der Waals surface area contributed by atoms with E-state index in [4.69, 9.17) is 0 Å². The van der Waals surface area contributed by atoms with Gasteiger partial charge in [-0.1, -0.05) is 12.5 Å². The number of urea groups is 1. The van der Waals surface area contributed by atoms with Gasteiger partial charge < -0.3 is 10.6 Å². The van der Waals surface area contributed by atoms with Crippen molar-refractivity contribution in [2.75, 3.05) is 13.1 Å². The highest BCUT2D eigenvalue weighted by molar-refractivity contribution is 5.74. The fourth-order valence-corrected chi connectivity index (χ4v) is 3.90. The largest absolute Gasteiger partial charge is 0.334 e. The van der Waals surface area contributed by atoms with Crippen LogP contribution in [0.1, 0.15) is 31.2 Å². The number of aromatic nitrogens is 4. The summed E-state index contributed by atoms with van der Waals surface area (Å²) in [6.45, 7) is 2.66. The zero-order valence-corrected chi connectivity index (χ0v) is 14.1. The van der Waals surface area contributed by atoms with Gasteiger partial charge >= 0.3 is 6.03 Å². The molecule has 4 rings (SSSR count). The van der Waals surface area contributed by atoms with Crippen molar-refractivity contribution in [3.63, 3.8) is 0 Å². The lowest BCUT2D eigenvalue weighted by Gasteiger charge is -2.32. The van der Waals surface area contributed by atoms with Crippen LogP contribution in [-0.4, -0.2) is 55.9 Å². The van der Waals surface area contributed by atoms with Crippen molar-refractivity contribution in [3.8, 4) is 5.82 Å². The monoisotopic (exact) mass is 341 g/mol. The Morgan fingerprint density at radius 1 is 1.28 bits per heavy atom. The topological polar surface area (TPSA) is 88.0 Å². The molecule has 2 saturated heterocycles. The summed E-state index contributed by atoms with van der Waals surface area (Å²) >= 11 is 0. The maximum atomic E-state index is 12.3. The molecule has 4 heterocycles. The van der Waals surface area contributed by atoms with Crippen molar-refractivity contribution in [2.45, 2.75) is 44.3 Å². The van der Waals surface area contributed by atoms with Crippen LogP contribution in [0.3, 0.4) is 0 Å². The average Bonchev–Trinajstić information content (AvgIpc) is 3.31. The first-order valence-corrected chi connectivity index (χ1v) is 8.88. The number of nitrogens with one attached hydrogen (secondary N) is 2. The maximum absolute atomic E-state index is 12.3. The number of carbonyl (C=O) groups is 1. The number of rotatable bonds is 4. The normalized spacial score (nSPS) is 23.2. The highest BCUT2D eigenvalue weighted by Crippen LogP contribution is 2.27. The first kappa shape index (κ1) is 16.0. The van der Waals surface area contributed by atoms with Crippen LogP contribution in [0.4, 0.5) is 4.79 Å². The lowest BCUT2D eigenvalue weighted by molar-refractivity contribution is 0.179. The van der Waals surface area contributed by atoms with Gasteiger partial charge in [0.05, 0.1) is 0 Å². The van der Waals surface area contributed by atoms with Gasteiger partial charge in [-0.15, -0.1) is 0 Å². The minimum atomic E-state index is -0.120. The van der Waals surface area contributed by atoms with E-state index in [1.807, 2.05) is 12.1 Å². The third-order valence-electron chi connectivity index (χ3n) is 5.12. The molecular weight excluding hydrogens is 318 g/mol. The second-order valence-corrected chi connectivity index (χ2v) is 6.65. The lowest BCUT2D eigenvalue weighted by atomic mass is 9.99. The Morgan fingerprint density at radius 2 is 2.24 bits per heavy atom. The number of fused-ring (bicyclic) bond motifs is 1. The molecule has 0 unspecified atom stereocenters. The fourth-order valence-electron chi connectivity index (χ4n) is 3.90. The summed E-state index contributed by atoms with van der Waals surface area (Å²) in [5, 5.41) is 10.2. The molecule has 0 saturated carbocycles. The lowest BCUT2D eigenvalue weighted by Crippen LogP contribution is -2.49. The molecule has 2 amide bonds. The molecule has 2 aliphatic heterocycles. The number of piperidine rings is 1. The number of hydrogen-bond acceptors (Lipinski definition) is 5. The minimum Gasteiger partial charge on any atom is -0.334 e. The molecule has 132 valence electrons. The number of amides is 2. The molecule has 0 aliphatic carbocycles. The van der Waals surface area contributed by atoms with Crippen LogP contribution in [0.5, 0.6) is 0 Å². The van der Waals surface area contributed by atoms with Crippen molar-refractivity contribution in [1.82, 2.24) is 35.3 Å². The maximum Gasteiger partial charge on any atom is 0.315 e. The van der Waals surface area contributed by atoms with Gasteiger partial charge in [0.1, 0.15) is 12.7 Å². The van der Waals surface area contributed by atoms with E-state index >= 15 is 0 Å². The molecule has 0 spiro atoms. The van der Waals surface area contributed by atoms with E-state index in [-0.39, 0.29) is 12.1 Å². The van der Waals surface area contributed by atoms with Gasteiger partial charge in [-0.3, -0.25) is 4.90 Å². The van der Waals surface area contributed by atoms with E-state index in [9.17, 15) is 4.79 Å². The molecular formula is C17H23N7O. The second kappa shape index (κ2) is 7.18. The first-order chi connectivity index (χ1) is 12.3. The van der Waals surface area contributed by atoms with Crippen LogP contribution >= 0.6 is 0 Å². The zero-order valence-electron chi connectivity index (χ0n) is 14.1. The molecule has 2 atom stereocenters. The van der Waals surface area contributed by atoms with Crippen molar-refractivity contribution in [3.05, 3.63) is 36.5 Å². The van der Waals surface area contributed by atoms with Crippen molar-refractivity contribution < 1.29 is 4.79 Å². The summed E-state index contributed by atoms with van der Waals surface area (Å²) in [5.74, 6) is 0.680. The van der Waals surface area contributed by atoms with Crippen molar-refractivity contribution >= 4 is 6.03 Å². The molecule has 25 heavy (non-hydrogen) atoms. The molecule has 2 aromatic heterocycles. The summed E-state index contributed by atoms with van der Waals surface area (Å²) in [7, 11) is 0. The number of pyridine rings is 1. The Kier molecular flexibility index (Phi) is 4.60. The fraction of sp³-hybridized carbons (Fsp3) is 0.529. The highest BCUT2D eigenvalue weighted by atomic mass is 16.2. The van der Waals surface area contributed by atoms with Crippen LogP contribution in [-0.2, 0) is 6.54 Å². The predicted molar refractivity (Wildman–Crippen MR) is 92.1 cm³/mol. The summed E-state index contributed by atoms with van der Waals surface area (Å²) in [6, 6.07) is 4.42. The Morgan fingerprint density at radius 3 is 3.12 bits per heavy atom. The van der Waals surface area contributed by atoms with Crippen LogP contribution < -0.4 is 10.6 Å². The third kappa shape index (κ3) is 3.48. The number of carbonyl (C=O) groups excluding carboxylic acids is 1. The van der Waals surface area contributed by atoms with Gasteiger partial charge in [-0.2, -0.15) is 5.10 Å². The Hall–Kier alpha value is -2.48. The predicted octanol–water partition coefficient (Wildman–Crippen LogP) is 1.09. The van der Waals surface area contributed by atoms with Gasteiger partial charge in [0, 0.05) is 36.9 Å². The van der Waals surface area contributed by atoms with Gasteiger partial charge in [-0.25, -0.2) is 19.4 Å². The summed E-state index contributed by atoms with van der Waals surface area (Å²) in [5.41, 5.74) is 0.897. The van der Waals surface area contributed by atoms with Crippen LogP contribution in [0.2, 0.25) is 0 Å². The Bertz CT molecular complexity index is 718. The summed E-state index contributed by atoms with van der Waals surface area (Å²) in [4.78, 5) is 23.1. The summed E-state index contributed by atoms with van der Waals surface area (Å²) in [6.07, 6.45) is 9.53. The number of nitrogens with zero attached hydrogens (tertiary/aromatic N) is 5. The Balaban J connectivity index is 1.35. The molecule has 2 fully saturated rings. The van der Waals surface area contributed by atoms with Crippen molar-refractivity contribution in [1.29, 1.82) is 0 Å². The molecule has 2 aromatic rings. The van der Waals surface area contributed by atoms with Gasteiger partial charge in [-0.05, 0) is 31.9 Å². The average molecular weight is 341 g/mol. The van der Waals surface area contributed by atoms with E-state index in [0.717, 1.165) is 18.5 Å². The number of hydrogen-bond donors (Lipinski definition) is 2. The Labute approximate surface area is 146 Å². The van der Waals surface area contributed by atoms with E-state index in [2.05, 4.69) is 30.6 Å². The summed E-state index contributed by atoms with van der Waals surface area (Å²) < 4.78 is 1.60. The minimum absolute atomic E-state index is 0.120. The SMILES string of the molecule is O=C(NCc1cccnc1-n1cncn1)N[C@H]1CCN2CCCC[C@@H]12. The van der Waals surface area contributed by atoms with Crippen molar-refractivity contribution in [2.24, 2.45) is 0 Å². The molecule has 0 aromatic carbocycles. The van der Waals surface area contributed by atoms with Crippen LogP contribution in [0.15, 0.2) is 31.0 Å². The molecule has 8 nitrogen and oxygen atoms in total. The molecule has 2 aliphatic rings. The van der Waals surface area contributed by atoms with Gasteiger partial charge in [0.2, 0.25) is 0 Å². The smallest absolute Gasteiger partial charge is 0.315 e. The molecule has 2 N–H and O–H groups in total. The molecule has 8 heteroatoms.